The van der Waals surface area contributed by atoms with Crippen LogP contribution < -0.4 is 0 Å². The number of ether oxygens (including phenoxy) is 2. The zero-order valence-corrected chi connectivity index (χ0v) is 12.8. The van der Waals surface area contributed by atoms with Gasteiger partial charge in [-0.2, -0.15) is 10.3 Å². The van der Waals surface area contributed by atoms with E-state index in [0.717, 1.165) is 0 Å². The number of carbonyl (C=O) groups is 2. The molecule has 2 rings (SSSR count). The highest BCUT2D eigenvalue weighted by Crippen LogP contribution is 2.30. The summed E-state index contributed by atoms with van der Waals surface area (Å²) in [5.74, 6) is -1.23. The molecule has 7 nitrogen and oxygen atoms in total. The van der Waals surface area contributed by atoms with E-state index < -0.39 is 11.9 Å². The van der Waals surface area contributed by atoms with Gasteiger partial charge in [0.15, 0.2) is 5.69 Å². The summed E-state index contributed by atoms with van der Waals surface area (Å²) < 4.78 is 9.91. The summed E-state index contributed by atoms with van der Waals surface area (Å²) >= 11 is 6.09. The number of nitrogens with one attached hydrogen (secondary N) is 1. The Morgan fingerprint density at radius 3 is 2.50 bits per heavy atom. The molecule has 0 radical (unpaired) electrons. The molecular formula is C14H14ClN3O4. The van der Waals surface area contributed by atoms with E-state index in [0.29, 0.717) is 5.56 Å². The Hall–Kier alpha value is -2.41. The van der Waals surface area contributed by atoms with Crippen molar-refractivity contribution in [3.05, 3.63) is 34.5 Å². The molecule has 0 spiro atoms. The highest BCUT2D eigenvalue weighted by atomic mass is 35.5. The number of H-pyrrole nitrogens is 1. The van der Waals surface area contributed by atoms with Gasteiger partial charge in [0.25, 0.3) is 0 Å². The fraction of sp³-hybridized carbons (Fsp3) is 0.286. The van der Waals surface area contributed by atoms with Gasteiger partial charge < -0.3 is 9.47 Å². The highest BCUT2D eigenvalue weighted by molar-refractivity contribution is 6.34. The van der Waals surface area contributed by atoms with Crippen LogP contribution in [0.2, 0.25) is 5.02 Å². The lowest BCUT2D eigenvalue weighted by Gasteiger charge is -2.09. The number of aromatic amines is 1. The van der Waals surface area contributed by atoms with Gasteiger partial charge in [-0.15, -0.1) is 5.10 Å². The van der Waals surface area contributed by atoms with Crippen LogP contribution >= 0.6 is 11.6 Å². The predicted molar refractivity (Wildman–Crippen MR) is 78.7 cm³/mol. The molecule has 0 atom stereocenters. The van der Waals surface area contributed by atoms with Crippen molar-refractivity contribution in [2.24, 2.45) is 0 Å². The largest absolute Gasteiger partial charge is 0.462 e. The highest BCUT2D eigenvalue weighted by Gasteiger charge is 2.25. The molecule has 2 aromatic rings. The molecule has 0 aliphatic rings. The minimum absolute atomic E-state index is 0.0188. The second-order valence-corrected chi connectivity index (χ2v) is 4.53. The van der Waals surface area contributed by atoms with E-state index in [-0.39, 0.29) is 35.2 Å². The van der Waals surface area contributed by atoms with E-state index in [1.54, 1.807) is 32.0 Å². The molecule has 0 amide bonds. The lowest BCUT2D eigenvalue weighted by Crippen LogP contribution is -2.10. The number of rotatable bonds is 5. The lowest BCUT2D eigenvalue weighted by atomic mass is 10.0. The fourth-order valence-electron chi connectivity index (χ4n) is 1.89. The SMILES string of the molecule is CCOC(=O)c1n[nH]nc1-c1cccc(Cl)c1C(=O)OCC. The van der Waals surface area contributed by atoms with Gasteiger partial charge in [0, 0.05) is 5.56 Å². The minimum Gasteiger partial charge on any atom is -0.462 e. The van der Waals surface area contributed by atoms with Crippen molar-refractivity contribution in [1.29, 1.82) is 0 Å². The molecule has 0 saturated carbocycles. The topological polar surface area (TPSA) is 94.2 Å². The summed E-state index contributed by atoms with van der Waals surface area (Å²) in [5.41, 5.74) is 0.645. The third-order valence-corrected chi connectivity index (χ3v) is 3.08. The number of aromatic nitrogens is 3. The second kappa shape index (κ2) is 7.04. The first-order valence-corrected chi connectivity index (χ1v) is 7.01. The molecule has 0 saturated heterocycles. The average Bonchev–Trinajstić information content (AvgIpc) is 2.96. The zero-order chi connectivity index (χ0) is 16.1. The van der Waals surface area contributed by atoms with E-state index in [4.69, 9.17) is 21.1 Å². The Morgan fingerprint density at radius 2 is 1.82 bits per heavy atom. The number of benzene rings is 1. The lowest BCUT2D eigenvalue weighted by molar-refractivity contribution is 0.0511. The minimum atomic E-state index is -0.638. The van der Waals surface area contributed by atoms with Crippen LogP contribution in [0.5, 0.6) is 0 Å². The third kappa shape index (κ3) is 3.09. The van der Waals surface area contributed by atoms with Crippen LogP contribution in [0.4, 0.5) is 0 Å². The Bertz CT molecular complexity index is 699. The summed E-state index contributed by atoms with van der Waals surface area (Å²) in [7, 11) is 0. The van der Waals surface area contributed by atoms with Gasteiger partial charge in [-0.05, 0) is 19.9 Å². The summed E-state index contributed by atoms with van der Waals surface area (Å²) in [5, 5.41) is 10.3. The molecule has 0 aliphatic carbocycles. The van der Waals surface area contributed by atoms with Crippen LogP contribution in [0.3, 0.4) is 0 Å². The molecule has 8 heteroatoms. The summed E-state index contributed by atoms with van der Waals surface area (Å²) in [6.07, 6.45) is 0. The van der Waals surface area contributed by atoms with Crippen LogP contribution in [0.15, 0.2) is 18.2 Å². The smallest absolute Gasteiger partial charge is 0.361 e. The number of carbonyl (C=O) groups excluding carboxylic acids is 2. The molecule has 22 heavy (non-hydrogen) atoms. The molecule has 0 bridgehead atoms. The molecule has 1 N–H and O–H groups in total. The monoisotopic (exact) mass is 323 g/mol. The van der Waals surface area contributed by atoms with Crippen LogP contribution in [0.1, 0.15) is 34.7 Å². The van der Waals surface area contributed by atoms with Crippen molar-refractivity contribution in [2.45, 2.75) is 13.8 Å². The van der Waals surface area contributed by atoms with E-state index >= 15 is 0 Å². The second-order valence-electron chi connectivity index (χ2n) is 4.12. The van der Waals surface area contributed by atoms with Gasteiger partial charge in [-0.3, -0.25) is 0 Å². The predicted octanol–water partition coefficient (Wildman–Crippen LogP) is 2.48. The molecule has 1 aromatic heterocycles. The van der Waals surface area contributed by atoms with Crippen molar-refractivity contribution in [3.63, 3.8) is 0 Å². The normalized spacial score (nSPS) is 10.3. The molecular weight excluding hydrogens is 310 g/mol. The Balaban J connectivity index is 2.55. The van der Waals surface area contributed by atoms with Gasteiger partial charge >= 0.3 is 11.9 Å². The number of hydrogen-bond donors (Lipinski definition) is 1. The first-order chi connectivity index (χ1) is 10.6. The van der Waals surface area contributed by atoms with Crippen LogP contribution in [-0.2, 0) is 9.47 Å². The molecule has 116 valence electrons. The average molecular weight is 324 g/mol. The number of hydrogen-bond acceptors (Lipinski definition) is 6. The van der Waals surface area contributed by atoms with Crippen molar-refractivity contribution >= 4 is 23.5 Å². The summed E-state index contributed by atoms with van der Waals surface area (Å²) in [6, 6.07) is 4.81. The van der Waals surface area contributed by atoms with Crippen molar-refractivity contribution in [1.82, 2.24) is 15.4 Å². The molecule has 0 aliphatic heterocycles. The number of nitrogens with zero attached hydrogens (tertiary/aromatic N) is 2. The quantitative estimate of drug-likeness (QED) is 0.849. The number of halogens is 1. The number of esters is 2. The van der Waals surface area contributed by atoms with Crippen molar-refractivity contribution < 1.29 is 19.1 Å². The van der Waals surface area contributed by atoms with E-state index in [2.05, 4.69) is 15.4 Å². The standard InChI is InChI=1S/C14H14ClN3O4/c1-3-21-13(19)10-8(6-5-7-9(10)15)11-12(17-18-16-11)14(20)22-4-2/h5-7H,3-4H2,1-2H3,(H,16,17,18). The molecule has 1 aromatic carbocycles. The summed E-state index contributed by atoms with van der Waals surface area (Å²) in [6.45, 7) is 3.77. The van der Waals surface area contributed by atoms with E-state index in [1.807, 2.05) is 0 Å². The fourth-order valence-corrected chi connectivity index (χ4v) is 2.14. The zero-order valence-electron chi connectivity index (χ0n) is 12.1. The Morgan fingerprint density at radius 1 is 1.14 bits per heavy atom. The van der Waals surface area contributed by atoms with Crippen molar-refractivity contribution in [2.75, 3.05) is 13.2 Å². The van der Waals surface area contributed by atoms with Gasteiger partial charge in [0.1, 0.15) is 5.69 Å². The van der Waals surface area contributed by atoms with Gasteiger partial charge in [0.05, 0.1) is 23.8 Å². The first-order valence-electron chi connectivity index (χ1n) is 6.64. The molecule has 0 fully saturated rings. The molecule has 1 heterocycles. The van der Waals surface area contributed by atoms with Gasteiger partial charge in [-0.1, -0.05) is 23.7 Å². The van der Waals surface area contributed by atoms with Gasteiger partial charge in [0.2, 0.25) is 0 Å². The van der Waals surface area contributed by atoms with Crippen LogP contribution in [0, 0.1) is 0 Å². The maximum Gasteiger partial charge on any atom is 0.361 e. The van der Waals surface area contributed by atoms with Crippen LogP contribution in [0.25, 0.3) is 11.3 Å². The maximum absolute atomic E-state index is 12.1. The Labute approximate surface area is 131 Å². The first kappa shape index (κ1) is 16.0. The van der Waals surface area contributed by atoms with E-state index in [9.17, 15) is 9.59 Å². The van der Waals surface area contributed by atoms with Crippen molar-refractivity contribution in [3.8, 4) is 11.3 Å². The molecule has 0 unspecified atom stereocenters. The third-order valence-electron chi connectivity index (χ3n) is 2.76. The maximum atomic E-state index is 12.1. The summed E-state index contributed by atoms with van der Waals surface area (Å²) in [4.78, 5) is 24.0. The van der Waals surface area contributed by atoms with Gasteiger partial charge in [-0.25, -0.2) is 9.59 Å². The Kier molecular flexibility index (Phi) is 5.11. The van der Waals surface area contributed by atoms with E-state index in [1.165, 1.54) is 0 Å². The van der Waals surface area contributed by atoms with Crippen LogP contribution in [-0.4, -0.2) is 40.6 Å².